The Morgan fingerprint density at radius 3 is 1.35 bits per heavy atom. The molecule has 0 aromatic heterocycles. The van der Waals surface area contributed by atoms with E-state index in [1.807, 2.05) is 0 Å². The van der Waals surface area contributed by atoms with Crippen LogP contribution in [0, 0.1) is 0 Å². The monoisotopic (exact) mass is 518 g/mol. The van der Waals surface area contributed by atoms with Crippen molar-refractivity contribution in [1.82, 2.24) is 10.6 Å². The molecule has 0 aliphatic heterocycles. The number of carboxylic acid groups (broad SMARTS) is 2. The Balaban J connectivity index is 1.79. The van der Waals surface area contributed by atoms with Crippen LogP contribution in [-0.2, 0) is 41.8 Å². The van der Waals surface area contributed by atoms with E-state index in [1.165, 1.54) is 13.8 Å². The summed E-state index contributed by atoms with van der Waals surface area (Å²) >= 11 is 0. The number of carbonyl (C=O) groups excluding carboxylic acids is 2. The van der Waals surface area contributed by atoms with Gasteiger partial charge in [0, 0.05) is 0 Å². The van der Waals surface area contributed by atoms with Crippen molar-refractivity contribution in [3.05, 3.63) is 71.8 Å². The molecule has 0 bridgehead atoms. The highest BCUT2D eigenvalue weighted by Gasteiger charge is 2.30. The lowest BCUT2D eigenvalue weighted by molar-refractivity contribution is -0.157. The topological polar surface area (TPSA) is 170 Å². The molecule has 12 heteroatoms. The minimum absolute atomic E-state index is 0.0494. The fraction of sp³-hybridized carbons (Fsp3) is 0.360. The van der Waals surface area contributed by atoms with Crippen molar-refractivity contribution in [3.63, 3.8) is 0 Å². The molecule has 2 aromatic carbocycles. The maximum Gasteiger partial charge on any atom is 0.408 e. The van der Waals surface area contributed by atoms with E-state index in [2.05, 4.69) is 10.6 Å². The van der Waals surface area contributed by atoms with Gasteiger partial charge in [0.05, 0.1) is 12.2 Å². The van der Waals surface area contributed by atoms with Crippen molar-refractivity contribution in [2.45, 2.75) is 51.4 Å². The zero-order chi connectivity index (χ0) is 27.2. The molecule has 37 heavy (non-hydrogen) atoms. The Morgan fingerprint density at radius 2 is 1.03 bits per heavy atom. The van der Waals surface area contributed by atoms with E-state index in [9.17, 15) is 29.4 Å². The molecule has 2 rings (SSSR count). The first-order chi connectivity index (χ1) is 17.7. The van der Waals surface area contributed by atoms with Crippen molar-refractivity contribution in [3.8, 4) is 0 Å². The molecular formula is C25H30N2O10. The average molecular weight is 519 g/mol. The van der Waals surface area contributed by atoms with Gasteiger partial charge in [0.15, 0.2) is 12.1 Å². The SMILES string of the molecule is CC(OCOC(C)C(NC(=O)OCc1ccccc1)C(=O)O)C(NC(=O)OCc1ccccc1)C(=O)O. The van der Waals surface area contributed by atoms with Gasteiger partial charge in [-0.3, -0.25) is 0 Å². The van der Waals surface area contributed by atoms with Crippen molar-refractivity contribution < 1.29 is 48.3 Å². The van der Waals surface area contributed by atoms with Crippen molar-refractivity contribution >= 4 is 24.1 Å². The molecule has 4 atom stereocenters. The van der Waals surface area contributed by atoms with E-state index in [0.29, 0.717) is 0 Å². The summed E-state index contributed by atoms with van der Waals surface area (Å²) in [7, 11) is 0. The molecule has 0 aliphatic carbocycles. The number of carboxylic acids is 2. The zero-order valence-electron chi connectivity index (χ0n) is 20.4. The molecule has 0 fully saturated rings. The molecule has 200 valence electrons. The lowest BCUT2D eigenvalue weighted by Crippen LogP contribution is -2.50. The van der Waals surface area contributed by atoms with Crippen LogP contribution < -0.4 is 10.6 Å². The number of nitrogens with one attached hydrogen (secondary N) is 2. The number of amides is 2. The van der Waals surface area contributed by atoms with Gasteiger partial charge in [-0.2, -0.15) is 0 Å². The summed E-state index contributed by atoms with van der Waals surface area (Å²) < 4.78 is 20.7. The summed E-state index contributed by atoms with van der Waals surface area (Å²) in [4.78, 5) is 47.3. The van der Waals surface area contributed by atoms with Crippen LogP contribution in [0.15, 0.2) is 60.7 Å². The predicted molar refractivity (Wildman–Crippen MR) is 128 cm³/mol. The summed E-state index contributed by atoms with van der Waals surface area (Å²) in [6.45, 7) is 2.16. The van der Waals surface area contributed by atoms with Gasteiger partial charge in [-0.25, -0.2) is 19.2 Å². The molecular weight excluding hydrogens is 488 g/mol. The number of carbonyl (C=O) groups is 4. The Bertz CT molecular complexity index is 937. The Labute approximate surface area is 213 Å². The largest absolute Gasteiger partial charge is 0.480 e. The van der Waals surface area contributed by atoms with Crippen LogP contribution in [0.1, 0.15) is 25.0 Å². The third kappa shape index (κ3) is 10.5. The van der Waals surface area contributed by atoms with Gasteiger partial charge < -0.3 is 39.8 Å². The summed E-state index contributed by atoms with van der Waals surface area (Å²) in [6, 6.07) is 14.7. The van der Waals surface area contributed by atoms with Gasteiger partial charge in [0.1, 0.15) is 20.0 Å². The number of hydrogen-bond donors (Lipinski definition) is 4. The van der Waals surface area contributed by atoms with E-state index in [-0.39, 0.29) is 13.2 Å². The molecule has 2 aromatic rings. The maximum atomic E-state index is 12.0. The molecule has 4 N–H and O–H groups in total. The molecule has 12 nitrogen and oxygen atoms in total. The summed E-state index contributed by atoms with van der Waals surface area (Å²) in [5.41, 5.74) is 1.45. The fourth-order valence-electron chi connectivity index (χ4n) is 2.99. The summed E-state index contributed by atoms with van der Waals surface area (Å²) in [5.74, 6) is -2.74. The van der Waals surface area contributed by atoms with Crippen LogP contribution >= 0.6 is 0 Å². The normalized spacial score (nSPS) is 13.9. The Morgan fingerprint density at radius 1 is 0.676 bits per heavy atom. The highest BCUT2D eigenvalue weighted by molar-refractivity contribution is 5.81. The van der Waals surface area contributed by atoms with Gasteiger partial charge in [-0.1, -0.05) is 60.7 Å². The zero-order valence-corrected chi connectivity index (χ0v) is 20.4. The number of rotatable bonds is 14. The first kappa shape index (κ1) is 29.1. The van der Waals surface area contributed by atoms with E-state index in [0.717, 1.165) is 11.1 Å². The molecule has 0 radical (unpaired) electrons. The van der Waals surface area contributed by atoms with E-state index in [4.69, 9.17) is 18.9 Å². The molecule has 0 aliphatic rings. The van der Waals surface area contributed by atoms with Crippen LogP contribution in [0.25, 0.3) is 0 Å². The molecule has 0 heterocycles. The minimum atomic E-state index is -1.47. The van der Waals surface area contributed by atoms with E-state index in [1.54, 1.807) is 60.7 Å². The second-order valence-corrected chi connectivity index (χ2v) is 7.91. The molecule has 2 amide bonds. The van der Waals surface area contributed by atoms with Gasteiger partial charge >= 0.3 is 24.1 Å². The number of ether oxygens (including phenoxy) is 4. The van der Waals surface area contributed by atoms with Crippen LogP contribution in [0.3, 0.4) is 0 Å². The lowest BCUT2D eigenvalue weighted by Gasteiger charge is -2.24. The maximum absolute atomic E-state index is 12.0. The Hall–Kier alpha value is -4.16. The number of hydrogen-bond acceptors (Lipinski definition) is 8. The molecule has 0 saturated carbocycles. The minimum Gasteiger partial charge on any atom is -0.480 e. The van der Waals surface area contributed by atoms with Crippen LogP contribution in [0.5, 0.6) is 0 Å². The fourth-order valence-corrected chi connectivity index (χ4v) is 2.99. The Kier molecular flexibility index (Phi) is 11.8. The predicted octanol–water partition coefficient (Wildman–Crippen LogP) is 2.51. The summed E-state index contributed by atoms with van der Waals surface area (Å²) in [5, 5.41) is 23.3. The third-order valence-corrected chi connectivity index (χ3v) is 5.11. The highest BCUT2D eigenvalue weighted by atomic mass is 16.7. The van der Waals surface area contributed by atoms with E-state index >= 15 is 0 Å². The third-order valence-electron chi connectivity index (χ3n) is 5.11. The van der Waals surface area contributed by atoms with Crippen molar-refractivity contribution in [2.24, 2.45) is 0 Å². The van der Waals surface area contributed by atoms with Gasteiger partial charge in [-0.15, -0.1) is 0 Å². The van der Waals surface area contributed by atoms with E-state index < -0.39 is 55.2 Å². The molecule has 0 spiro atoms. The van der Waals surface area contributed by atoms with Crippen molar-refractivity contribution in [2.75, 3.05) is 6.79 Å². The van der Waals surface area contributed by atoms with Gasteiger partial charge in [0.25, 0.3) is 0 Å². The second-order valence-electron chi connectivity index (χ2n) is 7.91. The number of aliphatic carboxylic acids is 2. The quantitative estimate of drug-likeness (QED) is 0.273. The number of benzene rings is 2. The first-order valence-electron chi connectivity index (χ1n) is 11.3. The highest BCUT2D eigenvalue weighted by Crippen LogP contribution is 2.07. The molecule has 4 unspecified atom stereocenters. The van der Waals surface area contributed by atoms with Gasteiger partial charge in [-0.05, 0) is 25.0 Å². The molecule has 0 saturated heterocycles. The number of alkyl carbamates (subject to hydrolysis) is 2. The van der Waals surface area contributed by atoms with Crippen LogP contribution in [0.2, 0.25) is 0 Å². The van der Waals surface area contributed by atoms with Crippen LogP contribution in [-0.4, -0.2) is 65.4 Å². The van der Waals surface area contributed by atoms with Crippen LogP contribution in [0.4, 0.5) is 9.59 Å². The second kappa shape index (κ2) is 15.1. The average Bonchev–Trinajstić information content (AvgIpc) is 2.88. The lowest BCUT2D eigenvalue weighted by atomic mass is 10.2. The van der Waals surface area contributed by atoms with Crippen molar-refractivity contribution in [1.29, 1.82) is 0 Å². The smallest absolute Gasteiger partial charge is 0.408 e. The summed E-state index contributed by atoms with van der Waals surface area (Å²) in [6.07, 6.45) is -4.04. The standard InChI is InChI=1S/C25H30N2O10/c1-16(20(22(28)29)26-24(32)34-13-18-9-5-3-6-10-18)36-15-37-17(2)21(23(30)31)27-25(33)35-14-19-11-7-4-8-12-19/h3-12,16-17,20-21H,13-15H2,1-2H3,(H,26,32)(H,27,33)(H,28,29)(H,30,31). The van der Waals surface area contributed by atoms with Gasteiger partial charge in [0.2, 0.25) is 0 Å². The first-order valence-corrected chi connectivity index (χ1v) is 11.3.